The highest BCUT2D eigenvalue weighted by Gasteiger charge is 2.33. The van der Waals surface area contributed by atoms with Crippen molar-refractivity contribution in [3.63, 3.8) is 0 Å². The lowest BCUT2D eigenvalue weighted by molar-refractivity contribution is 0.247. The minimum Gasteiger partial charge on any atom is -0.481 e. The molecule has 2 heterocycles. The van der Waals surface area contributed by atoms with Gasteiger partial charge in [0.2, 0.25) is 5.88 Å². The lowest BCUT2D eigenvalue weighted by atomic mass is 10.0. The molecule has 1 fully saturated rings. The van der Waals surface area contributed by atoms with E-state index >= 15 is 0 Å². The molecule has 3 aromatic rings. The van der Waals surface area contributed by atoms with Crippen molar-refractivity contribution in [2.75, 3.05) is 12.4 Å². The second-order valence-electron chi connectivity index (χ2n) is 7.15. The number of hydrogen-bond acceptors (Lipinski definition) is 5. The molecule has 2 N–H and O–H groups in total. The highest BCUT2D eigenvalue weighted by molar-refractivity contribution is 5.89. The first-order valence-electron chi connectivity index (χ1n) is 9.60. The summed E-state index contributed by atoms with van der Waals surface area (Å²) < 4.78 is 5.11. The second kappa shape index (κ2) is 8.26. The van der Waals surface area contributed by atoms with Crippen molar-refractivity contribution >= 4 is 11.7 Å². The van der Waals surface area contributed by atoms with Crippen molar-refractivity contribution in [2.24, 2.45) is 5.92 Å². The third kappa shape index (κ3) is 4.68. The Morgan fingerprint density at radius 1 is 1.10 bits per heavy atom. The van der Waals surface area contributed by atoms with Crippen molar-refractivity contribution in [2.45, 2.75) is 25.8 Å². The lowest BCUT2D eigenvalue weighted by Crippen LogP contribution is -2.33. The molecule has 1 aliphatic rings. The van der Waals surface area contributed by atoms with Crippen molar-refractivity contribution in [3.8, 4) is 17.3 Å². The van der Waals surface area contributed by atoms with E-state index in [1.807, 2.05) is 49.4 Å². The number of urea groups is 1. The predicted octanol–water partition coefficient (Wildman–Crippen LogP) is 4.13. The van der Waals surface area contributed by atoms with Gasteiger partial charge in [-0.3, -0.25) is 0 Å². The van der Waals surface area contributed by atoms with Gasteiger partial charge in [-0.25, -0.2) is 19.7 Å². The van der Waals surface area contributed by atoms with E-state index < -0.39 is 0 Å². The van der Waals surface area contributed by atoms with Crippen LogP contribution in [-0.4, -0.2) is 28.1 Å². The number of methoxy groups -OCH3 is 1. The number of hydrogen-bond donors (Lipinski definition) is 2. The Labute approximate surface area is 169 Å². The summed E-state index contributed by atoms with van der Waals surface area (Å²) in [6.45, 7) is 1.93. The number of anilines is 1. The largest absolute Gasteiger partial charge is 0.481 e. The molecular weight excluding hydrogens is 366 g/mol. The lowest BCUT2D eigenvalue weighted by Gasteiger charge is -2.19. The summed E-state index contributed by atoms with van der Waals surface area (Å²) in [5, 5.41) is 5.98. The Morgan fingerprint density at radius 3 is 2.52 bits per heavy atom. The molecule has 1 aliphatic carbocycles. The summed E-state index contributed by atoms with van der Waals surface area (Å²) in [5.41, 5.74) is 3.51. The molecule has 29 heavy (non-hydrogen) atoms. The van der Waals surface area contributed by atoms with E-state index in [1.165, 1.54) is 0 Å². The molecule has 148 valence electrons. The molecule has 1 unspecified atom stereocenters. The van der Waals surface area contributed by atoms with Crippen molar-refractivity contribution in [1.82, 2.24) is 20.3 Å². The molecule has 7 nitrogen and oxygen atoms in total. The van der Waals surface area contributed by atoms with E-state index in [4.69, 9.17) is 4.74 Å². The number of pyridine rings is 1. The van der Waals surface area contributed by atoms with E-state index in [-0.39, 0.29) is 12.1 Å². The third-order valence-electron chi connectivity index (χ3n) is 4.90. The molecule has 1 aromatic carbocycles. The van der Waals surface area contributed by atoms with E-state index in [0.717, 1.165) is 29.7 Å². The van der Waals surface area contributed by atoms with Gasteiger partial charge in [0.15, 0.2) is 5.82 Å². The Kier molecular flexibility index (Phi) is 5.37. The summed E-state index contributed by atoms with van der Waals surface area (Å²) in [6.07, 6.45) is 5.70. The number of carbonyl (C=O) groups excluding carboxylic acids is 1. The summed E-state index contributed by atoms with van der Waals surface area (Å²) in [6, 6.07) is 12.8. The SMILES string of the molecule is COc1ccc(C(NC(=O)Nc2ccc(-c3nccc(C)n3)cc2)C2CC2)cn1. The quantitative estimate of drug-likeness (QED) is 0.662. The van der Waals surface area contributed by atoms with Crippen LogP contribution >= 0.6 is 0 Å². The molecular formula is C22H23N5O2. The maximum Gasteiger partial charge on any atom is 0.319 e. The monoisotopic (exact) mass is 389 g/mol. The smallest absolute Gasteiger partial charge is 0.319 e. The number of nitrogens with zero attached hydrogens (tertiary/aromatic N) is 3. The van der Waals surface area contributed by atoms with Crippen LogP contribution in [-0.2, 0) is 0 Å². The molecule has 7 heteroatoms. The first-order valence-corrected chi connectivity index (χ1v) is 9.60. The summed E-state index contributed by atoms with van der Waals surface area (Å²) in [5.74, 6) is 1.67. The van der Waals surface area contributed by atoms with E-state index in [0.29, 0.717) is 23.3 Å². The van der Waals surface area contributed by atoms with Crippen molar-refractivity contribution < 1.29 is 9.53 Å². The van der Waals surface area contributed by atoms with Crippen LogP contribution in [0.15, 0.2) is 54.9 Å². The number of aromatic nitrogens is 3. The number of benzene rings is 1. The highest BCUT2D eigenvalue weighted by atomic mass is 16.5. The van der Waals surface area contributed by atoms with Gasteiger partial charge in [0.25, 0.3) is 0 Å². The molecule has 2 amide bonds. The second-order valence-corrected chi connectivity index (χ2v) is 7.15. The number of rotatable bonds is 6. The fraction of sp³-hybridized carbons (Fsp3) is 0.273. The van der Waals surface area contributed by atoms with Crippen molar-refractivity contribution in [1.29, 1.82) is 0 Å². The van der Waals surface area contributed by atoms with E-state index in [9.17, 15) is 4.79 Å². The average molecular weight is 389 g/mol. The van der Waals surface area contributed by atoms with Gasteiger partial charge in [0.1, 0.15) is 0 Å². The fourth-order valence-electron chi connectivity index (χ4n) is 3.20. The van der Waals surface area contributed by atoms with Gasteiger partial charge in [-0.15, -0.1) is 0 Å². The zero-order chi connectivity index (χ0) is 20.2. The molecule has 0 saturated heterocycles. The van der Waals surface area contributed by atoms with E-state index in [2.05, 4.69) is 25.6 Å². The Hall–Kier alpha value is -3.48. The third-order valence-corrected chi connectivity index (χ3v) is 4.90. The Balaban J connectivity index is 1.41. The number of nitrogens with one attached hydrogen (secondary N) is 2. The number of amides is 2. The Bertz CT molecular complexity index is 985. The van der Waals surface area contributed by atoms with Gasteiger partial charge in [0.05, 0.1) is 13.2 Å². The van der Waals surface area contributed by atoms with Crippen LogP contribution in [0.5, 0.6) is 5.88 Å². The molecule has 0 bridgehead atoms. The molecule has 1 atom stereocenters. The van der Waals surface area contributed by atoms with Crippen LogP contribution < -0.4 is 15.4 Å². The van der Waals surface area contributed by atoms with Gasteiger partial charge >= 0.3 is 6.03 Å². The molecule has 2 aromatic heterocycles. The average Bonchev–Trinajstić information content (AvgIpc) is 3.58. The topological polar surface area (TPSA) is 89.0 Å². The molecule has 4 rings (SSSR count). The molecule has 0 aliphatic heterocycles. The van der Waals surface area contributed by atoms with Gasteiger partial charge in [0, 0.05) is 35.4 Å². The van der Waals surface area contributed by atoms with Gasteiger partial charge in [-0.1, -0.05) is 6.07 Å². The first-order chi connectivity index (χ1) is 14.1. The highest BCUT2D eigenvalue weighted by Crippen LogP contribution is 2.41. The minimum absolute atomic E-state index is 0.0617. The Morgan fingerprint density at radius 2 is 1.90 bits per heavy atom. The van der Waals surface area contributed by atoms with Crippen molar-refractivity contribution in [3.05, 3.63) is 66.1 Å². The van der Waals surface area contributed by atoms with Crippen LogP contribution in [0.25, 0.3) is 11.4 Å². The van der Waals surface area contributed by atoms with E-state index in [1.54, 1.807) is 19.5 Å². The minimum atomic E-state index is -0.239. The first kappa shape index (κ1) is 18.9. The molecule has 1 saturated carbocycles. The molecule has 0 spiro atoms. The summed E-state index contributed by atoms with van der Waals surface area (Å²) in [4.78, 5) is 25.5. The summed E-state index contributed by atoms with van der Waals surface area (Å²) >= 11 is 0. The van der Waals surface area contributed by atoms with Gasteiger partial charge < -0.3 is 15.4 Å². The maximum atomic E-state index is 12.6. The van der Waals surface area contributed by atoms with Gasteiger partial charge in [-0.2, -0.15) is 0 Å². The van der Waals surface area contributed by atoms with Crippen LogP contribution in [0.4, 0.5) is 10.5 Å². The number of ether oxygens (including phenoxy) is 1. The molecule has 0 radical (unpaired) electrons. The maximum absolute atomic E-state index is 12.6. The van der Waals surface area contributed by atoms with Crippen LogP contribution in [0.3, 0.4) is 0 Å². The zero-order valence-corrected chi connectivity index (χ0v) is 16.4. The zero-order valence-electron chi connectivity index (χ0n) is 16.4. The standard InChI is InChI=1S/C22H23N5O2/c1-14-11-12-23-21(25-14)16-5-8-18(9-6-16)26-22(28)27-20(15-3-4-15)17-7-10-19(29-2)24-13-17/h5-13,15,20H,3-4H2,1-2H3,(H2,26,27,28). The summed E-state index contributed by atoms with van der Waals surface area (Å²) in [7, 11) is 1.59. The van der Waals surface area contributed by atoms with Crippen LogP contribution in [0.1, 0.15) is 30.1 Å². The normalized spacial score (nSPS) is 14.1. The van der Waals surface area contributed by atoms with Gasteiger partial charge in [-0.05, 0) is 61.6 Å². The predicted molar refractivity (Wildman–Crippen MR) is 111 cm³/mol. The number of carbonyl (C=O) groups is 1. The number of aryl methyl sites for hydroxylation is 1. The van der Waals surface area contributed by atoms with Crippen LogP contribution in [0, 0.1) is 12.8 Å². The fourth-order valence-corrected chi connectivity index (χ4v) is 3.20. The van der Waals surface area contributed by atoms with Crippen LogP contribution in [0.2, 0.25) is 0 Å².